The topological polar surface area (TPSA) is 20.3 Å². The van der Waals surface area contributed by atoms with E-state index >= 15 is 0 Å². The molecule has 1 unspecified atom stereocenters. The fraction of sp³-hybridized carbons (Fsp3) is 0.278. The van der Waals surface area contributed by atoms with Crippen molar-refractivity contribution in [3.8, 4) is 0 Å². The van der Waals surface area contributed by atoms with Gasteiger partial charge in [0, 0.05) is 18.7 Å². The highest BCUT2D eigenvalue weighted by atomic mass is 19.1. The van der Waals surface area contributed by atoms with Gasteiger partial charge in [-0.15, -0.1) is 0 Å². The minimum Gasteiger partial charge on any atom is -0.332 e. The molecule has 0 aliphatic rings. The van der Waals surface area contributed by atoms with Crippen molar-refractivity contribution in [1.29, 1.82) is 0 Å². The highest BCUT2D eigenvalue weighted by Gasteiger charge is 2.23. The number of hydrogen-bond donors (Lipinski definition) is 0. The summed E-state index contributed by atoms with van der Waals surface area (Å²) in [5.41, 5.74) is 0.872. The Morgan fingerprint density at radius 1 is 1.14 bits per heavy atom. The molecular weight excluding hydrogens is 284 g/mol. The molecule has 0 aliphatic carbocycles. The summed E-state index contributed by atoms with van der Waals surface area (Å²) in [4.78, 5) is 14.3. The first-order valence-corrected chi connectivity index (χ1v) is 7.33. The lowest BCUT2D eigenvalue weighted by Gasteiger charge is -2.29. The molecule has 0 radical (unpaired) electrons. The average molecular weight is 303 g/mol. The van der Waals surface area contributed by atoms with Gasteiger partial charge < -0.3 is 4.90 Å². The Hall–Kier alpha value is -2.23. The molecule has 22 heavy (non-hydrogen) atoms. The van der Waals surface area contributed by atoms with Gasteiger partial charge in [0.1, 0.15) is 11.6 Å². The van der Waals surface area contributed by atoms with Crippen molar-refractivity contribution >= 4 is 5.91 Å². The summed E-state index contributed by atoms with van der Waals surface area (Å²) in [5, 5.41) is 0. The highest BCUT2D eigenvalue weighted by Crippen LogP contribution is 2.18. The van der Waals surface area contributed by atoms with Crippen molar-refractivity contribution in [2.45, 2.75) is 32.9 Å². The molecule has 0 saturated heterocycles. The van der Waals surface area contributed by atoms with E-state index in [-0.39, 0.29) is 11.6 Å². The quantitative estimate of drug-likeness (QED) is 0.801. The van der Waals surface area contributed by atoms with E-state index in [1.165, 1.54) is 6.07 Å². The van der Waals surface area contributed by atoms with E-state index in [4.69, 9.17) is 0 Å². The number of rotatable bonds is 5. The molecule has 0 aliphatic heterocycles. The molecule has 2 nitrogen and oxygen atoms in total. The molecule has 1 atom stereocenters. The Morgan fingerprint density at radius 2 is 1.82 bits per heavy atom. The van der Waals surface area contributed by atoms with Gasteiger partial charge in [-0.2, -0.15) is 0 Å². The lowest BCUT2D eigenvalue weighted by molar-refractivity contribution is 0.0666. The SMILES string of the molecule is CCC(C)N(Cc1ccccc1)C(=O)c1ccc(F)cc1F. The number of halogens is 2. The van der Waals surface area contributed by atoms with Crippen molar-refractivity contribution < 1.29 is 13.6 Å². The zero-order chi connectivity index (χ0) is 16.1. The maximum Gasteiger partial charge on any atom is 0.257 e. The van der Waals surface area contributed by atoms with Crippen LogP contribution in [0.5, 0.6) is 0 Å². The minimum absolute atomic E-state index is 0.0443. The lowest BCUT2D eigenvalue weighted by atomic mass is 10.1. The summed E-state index contributed by atoms with van der Waals surface area (Å²) >= 11 is 0. The van der Waals surface area contributed by atoms with Gasteiger partial charge in [0.25, 0.3) is 5.91 Å². The van der Waals surface area contributed by atoms with Crippen LogP contribution in [0.2, 0.25) is 0 Å². The number of carbonyl (C=O) groups excluding carboxylic acids is 1. The van der Waals surface area contributed by atoms with Crippen LogP contribution < -0.4 is 0 Å². The van der Waals surface area contributed by atoms with E-state index in [2.05, 4.69) is 0 Å². The van der Waals surface area contributed by atoms with Crippen molar-refractivity contribution in [2.75, 3.05) is 0 Å². The molecule has 4 heteroatoms. The smallest absolute Gasteiger partial charge is 0.257 e. The van der Waals surface area contributed by atoms with E-state index in [0.29, 0.717) is 6.54 Å². The first-order chi connectivity index (χ1) is 10.5. The van der Waals surface area contributed by atoms with Gasteiger partial charge in [-0.1, -0.05) is 37.3 Å². The van der Waals surface area contributed by atoms with Gasteiger partial charge in [0.05, 0.1) is 5.56 Å². The molecule has 2 aromatic carbocycles. The molecule has 116 valence electrons. The first kappa shape index (κ1) is 16.1. The summed E-state index contributed by atoms with van der Waals surface area (Å²) in [5.74, 6) is -1.94. The van der Waals surface area contributed by atoms with Gasteiger partial charge in [0.2, 0.25) is 0 Å². The minimum atomic E-state index is -0.827. The lowest BCUT2D eigenvalue weighted by Crippen LogP contribution is -2.38. The predicted octanol–water partition coefficient (Wildman–Crippen LogP) is 4.41. The monoisotopic (exact) mass is 303 g/mol. The Kier molecular flexibility index (Phi) is 5.26. The van der Waals surface area contributed by atoms with Gasteiger partial charge in [0.15, 0.2) is 0 Å². The van der Waals surface area contributed by atoms with Crippen LogP contribution >= 0.6 is 0 Å². The van der Waals surface area contributed by atoms with Crippen molar-refractivity contribution in [3.05, 3.63) is 71.3 Å². The van der Waals surface area contributed by atoms with Gasteiger partial charge >= 0.3 is 0 Å². The molecular formula is C18H19F2NO. The molecule has 0 aromatic heterocycles. The Balaban J connectivity index is 2.30. The molecule has 0 N–H and O–H groups in total. The van der Waals surface area contributed by atoms with Gasteiger partial charge in [-0.05, 0) is 31.0 Å². The second-order valence-corrected chi connectivity index (χ2v) is 5.30. The van der Waals surface area contributed by atoms with Crippen LogP contribution in [0.4, 0.5) is 8.78 Å². The number of carbonyl (C=O) groups is 1. The summed E-state index contributed by atoms with van der Waals surface area (Å²) in [6.45, 7) is 4.28. The van der Waals surface area contributed by atoms with Crippen LogP contribution in [0, 0.1) is 11.6 Å². The third-order valence-electron chi connectivity index (χ3n) is 3.74. The molecule has 2 rings (SSSR count). The third kappa shape index (κ3) is 3.70. The van der Waals surface area contributed by atoms with Crippen LogP contribution in [-0.2, 0) is 6.54 Å². The molecule has 0 heterocycles. The highest BCUT2D eigenvalue weighted by molar-refractivity contribution is 5.94. The second-order valence-electron chi connectivity index (χ2n) is 5.30. The fourth-order valence-electron chi connectivity index (χ4n) is 2.25. The van der Waals surface area contributed by atoms with Gasteiger partial charge in [-0.3, -0.25) is 4.79 Å². The standard InChI is InChI=1S/C18H19F2NO/c1-3-13(2)21(12-14-7-5-4-6-8-14)18(22)16-10-9-15(19)11-17(16)20/h4-11,13H,3,12H2,1-2H3. The molecule has 2 aromatic rings. The Bertz CT molecular complexity index is 643. The van der Waals surface area contributed by atoms with Crippen molar-refractivity contribution in [3.63, 3.8) is 0 Å². The first-order valence-electron chi connectivity index (χ1n) is 7.33. The zero-order valence-corrected chi connectivity index (χ0v) is 12.7. The van der Waals surface area contributed by atoms with E-state index in [0.717, 1.165) is 24.1 Å². The Morgan fingerprint density at radius 3 is 2.41 bits per heavy atom. The van der Waals surface area contributed by atoms with Crippen LogP contribution in [0.25, 0.3) is 0 Å². The normalized spacial score (nSPS) is 12.0. The van der Waals surface area contributed by atoms with Crippen LogP contribution in [0.15, 0.2) is 48.5 Å². The molecule has 0 fully saturated rings. The zero-order valence-electron chi connectivity index (χ0n) is 12.7. The summed E-state index contributed by atoms with van der Waals surface area (Å²) < 4.78 is 26.9. The maximum atomic E-state index is 13.9. The fourth-order valence-corrected chi connectivity index (χ4v) is 2.25. The molecule has 1 amide bonds. The summed E-state index contributed by atoms with van der Waals surface area (Å²) in [6.07, 6.45) is 0.751. The maximum absolute atomic E-state index is 13.9. The largest absolute Gasteiger partial charge is 0.332 e. The number of amides is 1. The third-order valence-corrected chi connectivity index (χ3v) is 3.74. The number of benzene rings is 2. The van der Waals surface area contributed by atoms with E-state index in [9.17, 15) is 13.6 Å². The van der Waals surface area contributed by atoms with E-state index in [1.54, 1.807) is 4.90 Å². The van der Waals surface area contributed by atoms with Gasteiger partial charge in [-0.25, -0.2) is 8.78 Å². The number of hydrogen-bond acceptors (Lipinski definition) is 1. The molecule has 0 saturated carbocycles. The average Bonchev–Trinajstić information content (AvgIpc) is 2.52. The molecule has 0 spiro atoms. The van der Waals surface area contributed by atoms with Crippen molar-refractivity contribution in [2.24, 2.45) is 0 Å². The summed E-state index contributed by atoms with van der Waals surface area (Å²) in [7, 11) is 0. The summed E-state index contributed by atoms with van der Waals surface area (Å²) in [6, 6.07) is 12.5. The van der Waals surface area contributed by atoms with Crippen LogP contribution in [-0.4, -0.2) is 16.8 Å². The van der Waals surface area contributed by atoms with Crippen LogP contribution in [0.1, 0.15) is 36.2 Å². The predicted molar refractivity (Wildman–Crippen MR) is 82.4 cm³/mol. The number of nitrogens with zero attached hydrogens (tertiary/aromatic N) is 1. The van der Waals surface area contributed by atoms with Crippen molar-refractivity contribution in [1.82, 2.24) is 4.90 Å². The van der Waals surface area contributed by atoms with Crippen LogP contribution in [0.3, 0.4) is 0 Å². The van der Waals surface area contributed by atoms with E-state index < -0.39 is 17.5 Å². The second kappa shape index (κ2) is 7.16. The van der Waals surface area contributed by atoms with E-state index in [1.807, 2.05) is 44.2 Å². The Labute approximate surface area is 129 Å². The molecule has 0 bridgehead atoms.